The van der Waals surface area contributed by atoms with Crippen molar-refractivity contribution in [1.82, 2.24) is 10.1 Å². The first-order chi connectivity index (χ1) is 9.63. The van der Waals surface area contributed by atoms with Crippen LogP contribution in [-0.4, -0.2) is 15.2 Å². The number of para-hydroxylation sites is 1. The molecule has 0 aliphatic carbocycles. The van der Waals surface area contributed by atoms with Gasteiger partial charge in [0.1, 0.15) is 11.6 Å². The van der Waals surface area contributed by atoms with E-state index in [9.17, 15) is 9.50 Å². The van der Waals surface area contributed by atoms with E-state index in [1.165, 1.54) is 18.2 Å². The van der Waals surface area contributed by atoms with Crippen molar-refractivity contribution in [3.05, 3.63) is 52.8 Å². The number of nitrogens with zero attached hydrogens (tertiary/aromatic N) is 2. The second kappa shape index (κ2) is 5.05. The fourth-order valence-corrected chi connectivity index (χ4v) is 2.25. The van der Waals surface area contributed by atoms with Gasteiger partial charge in [0.05, 0.1) is 5.56 Å². The minimum Gasteiger partial charge on any atom is -0.507 e. The largest absolute Gasteiger partial charge is 0.507 e. The van der Waals surface area contributed by atoms with Gasteiger partial charge in [0, 0.05) is 10.0 Å². The van der Waals surface area contributed by atoms with Gasteiger partial charge in [0.15, 0.2) is 0 Å². The second-order valence-corrected chi connectivity index (χ2v) is 5.01. The van der Waals surface area contributed by atoms with Crippen LogP contribution in [0, 0.1) is 5.82 Å². The molecular weight excluding hydrogens is 327 g/mol. The summed E-state index contributed by atoms with van der Waals surface area (Å²) in [6, 6.07) is 11.0. The number of rotatable bonds is 2. The lowest BCUT2D eigenvalue weighted by Gasteiger charge is -1.97. The standard InChI is InChI=1S/C14H8BrFN2O2/c15-9-5-8(6-10(16)7-9)13-17-14(20-18-13)11-3-1-2-4-12(11)19/h1-7,19H. The van der Waals surface area contributed by atoms with Gasteiger partial charge >= 0.3 is 0 Å². The molecule has 1 N–H and O–H groups in total. The summed E-state index contributed by atoms with van der Waals surface area (Å²) in [5, 5.41) is 13.5. The lowest BCUT2D eigenvalue weighted by atomic mass is 10.2. The van der Waals surface area contributed by atoms with Crippen molar-refractivity contribution in [2.24, 2.45) is 0 Å². The molecule has 3 rings (SSSR count). The Morgan fingerprint density at radius 1 is 1.15 bits per heavy atom. The van der Waals surface area contributed by atoms with Crippen molar-refractivity contribution < 1.29 is 14.0 Å². The quantitative estimate of drug-likeness (QED) is 0.769. The Morgan fingerprint density at radius 2 is 1.95 bits per heavy atom. The average molecular weight is 335 g/mol. The van der Waals surface area contributed by atoms with Crippen LogP contribution >= 0.6 is 15.9 Å². The van der Waals surface area contributed by atoms with Gasteiger partial charge in [-0.05, 0) is 30.3 Å². The third-order valence-corrected chi connectivity index (χ3v) is 3.14. The van der Waals surface area contributed by atoms with E-state index >= 15 is 0 Å². The van der Waals surface area contributed by atoms with Crippen molar-refractivity contribution in [3.63, 3.8) is 0 Å². The summed E-state index contributed by atoms with van der Waals surface area (Å²) < 4.78 is 19.0. The number of phenols is 1. The van der Waals surface area contributed by atoms with E-state index in [1.54, 1.807) is 24.3 Å². The zero-order valence-electron chi connectivity index (χ0n) is 10.0. The second-order valence-electron chi connectivity index (χ2n) is 4.10. The Kier molecular flexibility index (Phi) is 3.23. The molecule has 1 aromatic heterocycles. The van der Waals surface area contributed by atoms with Gasteiger partial charge in [-0.1, -0.05) is 33.2 Å². The molecule has 0 aliphatic heterocycles. The summed E-state index contributed by atoms with van der Waals surface area (Å²) in [4.78, 5) is 4.17. The molecule has 0 radical (unpaired) electrons. The van der Waals surface area contributed by atoms with Gasteiger partial charge in [-0.2, -0.15) is 4.98 Å². The van der Waals surface area contributed by atoms with Crippen molar-refractivity contribution >= 4 is 15.9 Å². The van der Waals surface area contributed by atoms with Crippen LogP contribution in [0.1, 0.15) is 0 Å². The topological polar surface area (TPSA) is 59.2 Å². The number of halogens is 2. The molecule has 2 aromatic carbocycles. The maximum Gasteiger partial charge on any atom is 0.261 e. The fraction of sp³-hybridized carbons (Fsp3) is 0. The SMILES string of the molecule is Oc1ccccc1-c1nc(-c2cc(F)cc(Br)c2)no1. The van der Waals surface area contributed by atoms with Crippen molar-refractivity contribution in [3.8, 4) is 28.6 Å². The van der Waals surface area contributed by atoms with Gasteiger partial charge in [0.2, 0.25) is 5.82 Å². The minimum absolute atomic E-state index is 0.0446. The van der Waals surface area contributed by atoms with Crippen LogP contribution in [0.5, 0.6) is 5.75 Å². The fourth-order valence-electron chi connectivity index (χ4n) is 1.79. The van der Waals surface area contributed by atoms with Crippen molar-refractivity contribution in [1.29, 1.82) is 0 Å². The lowest BCUT2D eigenvalue weighted by molar-refractivity contribution is 0.425. The number of hydrogen-bond acceptors (Lipinski definition) is 4. The number of phenolic OH excluding ortho intramolecular Hbond substituents is 1. The van der Waals surface area contributed by atoms with Crippen LogP contribution in [0.2, 0.25) is 0 Å². The highest BCUT2D eigenvalue weighted by Gasteiger charge is 2.14. The first-order valence-electron chi connectivity index (χ1n) is 5.72. The minimum atomic E-state index is -0.400. The first kappa shape index (κ1) is 12.8. The molecule has 0 fully saturated rings. The van der Waals surface area contributed by atoms with Gasteiger partial charge in [0.25, 0.3) is 5.89 Å². The van der Waals surface area contributed by atoms with E-state index < -0.39 is 5.82 Å². The summed E-state index contributed by atoms with van der Waals surface area (Å²) in [6.45, 7) is 0. The molecule has 4 nitrogen and oxygen atoms in total. The molecule has 3 aromatic rings. The first-order valence-corrected chi connectivity index (χ1v) is 6.51. The predicted octanol–water partition coefficient (Wildman–Crippen LogP) is 4.01. The van der Waals surface area contributed by atoms with Crippen LogP contribution in [0.3, 0.4) is 0 Å². The molecule has 0 atom stereocenters. The smallest absolute Gasteiger partial charge is 0.261 e. The highest BCUT2D eigenvalue weighted by Crippen LogP contribution is 2.29. The van der Waals surface area contributed by atoms with Crippen molar-refractivity contribution in [2.75, 3.05) is 0 Å². The van der Waals surface area contributed by atoms with E-state index in [4.69, 9.17) is 4.52 Å². The molecule has 0 amide bonds. The van der Waals surface area contributed by atoms with E-state index in [0.29, 0.717) is 15.6 Å². The Labute approximate surface area is 122 Å². The maximum atomic E-state index is 13.4. The number of aromatic nitrogens is 2. The number of hydrogen-bond donors (Lipinski definition) is 1. The normalized spacial score (nSPS) is 10.7. The monoisotopic (exact) mass is 334 g/mol. The van der Waals surface area contributed by atoms with Crippen molar-refractivity contribution in [2.45, 2.75) is 0 Å². The summed E-state index contributed by atoms with van der Waals surface area (Å²) in [7, 11) is 0. The molecule has 0 saturated heterocycles. The van der Waals surface area contributed by atoms with Crippen LogP contribution in [0.15, 0.2) is 51.5 Å². The summed E-state index contributed by atoms with van der Waals surface area (Å²) in [5.74, 6) is 0.0772. The van der Waals surface area contributed by atoms with E-state index in [2.05, 4.69) is 26.1 Å². The molecule has 0 saturated carbocycles. The summed E-state index contributed by atoms with van der Waals surface area (Å²) in [5.41, 5.74) is 0.920. The lowest BCUT2D eigenvalue weighted by Crippen LogP contribution is -1.84. The Morgan fingerprint density at radius 3 is 2.70 bits per heavy atom. The highest BCUT2D eigenvalue weighted by atomic mass is 79.9. The molecule has 6 heteroatoms. The number of aromatic hydroxyl groups is 1. The van der Waals surface area contributed by atoms with E-state index in [-0.39, 0.29) is 17.5 Å². The van der Waals surface area contributed by atoms with Crippen LogP contribution in [-0.2, 0) is 0 Å². The molecular formula is C14H8BrFN2O2. The third kappa shape index (κ3) is 2.42. The van der Waals surface area contributed by atoms with Gasteiger partial charge in [-0.15, -0.1) is 0 Å². The maximum absolute atomic E-state index is 13.4. The van der Waals surface area contributed by atoms with E-state index in [0.717, 1.165) is 0 Å². The van der Waals surface area contributed by atoms with Gasteiger partial charge in [-0.3, -0.25) is 0 Å². The van der Waals surface area contributed by atoms with Crippen LogP contribution in [0.4, 0.5) is 4.39 Å². The summed E-state index contributed by atoms with van der Waals surface area (Å²) in [6.07, 6.45) is 0. The van der Waals surface area contributed by atoms with Gasteiger partial charge in [-0.25, -0.2) is 4.39 Å². The average Bonchev–Trinajstić information content (AvgIpc) is 2.87. The molecule has 0 aliphatic rings. The third-order valence-electron chi connectivity index (χ3n) is 2.68. The number of benzene rings is 2. The predicted molar refractivity (Wildman–Crippen MR) is 74.5 cm³/mol. The van der Waals surface area contributed by atoms with Gasteiger partial charge < -0.3 is 9.63 Å². The Bertz CT molecular complexity index is 753. The molecule has 0 spiro atoms. The molecule has 1 heterocycles. The Hall–Kier alpha value is -2.21. The molecule has 100 valence electrons. The zero-order chi connectivity index (χ0) is 14.1. The highest BCUT2D eigenvalue weighted by molar-refractivity contribution is 9.10. The van der Waals surface area contributed by atoms with Crippen LogP contribution in [0.25, 0.3) is 22.8 Å². The van der Waals surface area contributed by atoms with E-state index in [1.807, 2.05) is 0 Å². The molecule has 0 bridgehead atoms. The zero-order valence-corrected chi connectivity index (χ0v) is 11.6. The Balaban J connectivity index is 2.04. The van der Waals surface area contributed by atoms with Crippen LogP contribution < -0.4 is 0 Å². The molecule has 20 heavy (non-hydrogen) atoms. The molecule has 0 unspecified atom stereocenters. The summed E-state index contributed by atoms with van der Waals surface area (Å²) >= 11 is 3.21.